The van der Waals surface area contributed by atoms with Gasteiger partial charge in [0.1, 0.15) is 0 Å². The number of likely N-dealkylation sites (tertiary alicyclic amines) is 1. The minimum Gasteiger partial charge on any atom is -0.357 e. The third-order valence-electron chi connectivity index (χ3n) is 5.61. The lowest BCUT2D eigenvalue weighted by Gasteiger charge is -2.21. The van der Waals surface area contributed by atoms with E-state index in [2.05, 4.69) is 33.8 Å². The molecule has 8 heteroatoms. The molecule has 2 atom stereocenters. The summed E-state index contributed by atoms with van der Waals surface area (Å²) in [6, 6.07) is 7.94. The number of aliphatic imine (C=N–C) groups is 1. The fourth-order valence-corrected chi connectivity index (χ4v) is 4.16. The number of anilines is 1. The number of amides is 1. The highest BCUT2D eigenvalue weighted by atomic mass is 127. The van der Waals surface area contributed by atoms with Gasteiger partial charge in [-0.05, 0) is 37.0 Å². The zero-order valence-corrected chi connectivity index (χ0v) is 19.3. The molecule has 3 heterocycles. The summed E-state index contributed by atoms with van der Waals surface area (Å²) in [4.78, 5) is 19.5. The van der Waals surface area contributed by atoms with Gasteiger partial charge in [-0.1, -0.05) is 18.2 Å². The van der Waals surface area contributed by atoms with Crippen LogP contribution in [0.15, 0.2) is 41.7 Å². The molecule has 1 aromatic heterocycles. The number of nitrogens with one attached hydrogen (secondary N) is 2. The molecule has 156 valence electrons. The van der Waals surface area contributed by atoms with Crippen molar-refractivity contribution in [3.63, 3.8) is 0 Å². The lowest BCUT2D eigenvalue weighted by Crippen LogP contribution is -2.40. The highest BCUT2D eigenvalue weighted by Gasteiger charge is 2.30. The number of benzene rings is 1. The van der Waals surface area contributed by atoms with E-state index in [9.17, 15) is 4.79 Å². The van der Waals surface area contributed by atoms with Crippen molar-refractivity contribution >= 4 is 41.5 Å². The molecule has 1 amide bonds. The number of hydrogen-bond donors (Lipinski definition) is 2. The molecule has 2 unspecified atom stereocenters. The summed E-state index contributed by atoms with van der Waals surface area (Å²) in [6.45, 7) is 5.48. The number of carbonyl (C=O) groups is 1. The normalized spacial score (nSPS) is 21.0. The smallest absolute Gasteiger partial charge is 0.232 e. The van der Waals surface area contributed by atoms with Crippen LogP contribution in [-0.4, -0.2) is 52.7 Å². The monoisotopic (exact) mass is 508 g/mol. The van der Waals surface area contributed by atoms with Gasteiger partial charge in [-0.3, -0.25) is 14.5 Å². The van der Waals surface area contributed by atoms with Gasteiger partial charge >= 0.3 is 0 Å². The summed E-state index contributed by atoms with van der Waals surface area (Å²) in [6.07, 6.45) is 5.90. The lowest BCUT2D eigenvalue weighted by molar-refractivity contribution is -0.117. The molecule has 2 aliphatic rings. The van der Waals surface area contributed by atoms with E-state index in [0.717, 1.165) is 49.7 Å². The van der Waals surface area contributed by atoms with Crippen LogP contribution in [0.4, 0.5) is 5.69 Å². The van der Waals surface area contributed by atoms with Gasteiger partial charge in [0, 0.05) is 51.0 Å². The van der Waals surface area contributed by atoms with Crippen LogP contribution in [-0.2, 0) is 11.8 Å². The number of hydrogen-bond acceptors (Lipinski definition) is 3. The molecule has 4 rings (SSSR count). The number of aromatic nitrogens is 2. The van der Waals surface area contributed by atoms with Crippen molar-refractivity contribution in [2.75, 3.05) is 31.5 Å². The molecular weight excluding hydrogens is 479 g/mol. The molecule has 0 spiro atoms. The third-order valence-corrected chi connectivity index (χ3v) is 5.61. The summed E-state index contributed by atoms with van der Waals surface area (Å²) in [5, 5.41) is 10.7. The summed E-state index contributed by atoms with van der Waals surface area (Å²) >= 11 is 0. The quantitative estimate of drug-likeness (QED) is 0.370. The second kappa shape index (κ2) is 9.60. The Balaban J connectivity index is 0.00000240. The Morgan fingerprint density at radius 3 is 2.97 bits per heavy atom. The number of nitrogens with zero attached hydrogens (tertiary/aromatic N) is 4. The molecule has 0 saturated carbocycles. The summed E-state index contributed by atoms with van der Waals surface area (Å²) < 4.78 is 1.86. The maximum absolute atomic E-state index is 12.3. The number of guanidine groups is 1. The van der Waals surface area contributed by atoms with Crippen LogP contribution in [0, 0.1) is 0 Å². The van der Waals surface area contributed by atoms with Crippen LogP contribution in [0.2, 0.25) is 0 Å². The third kappa shape index (κ3) is 4.73. The van der Waals surface area contributed by atoms with E-state index >= 15 is 0 Å². The zero-order chi connectivity index (χ0) is 19.5. The fourth-order valence-electron chi connectivity index (χ4n) is 4.16. The van der Waals surface area contributed by atoms with Crippen molar-refractivity contribution in [2.45, 2.75) is 31.6 Å². The minimum atomic E-state index is -0.107. The van der Waals surface area contributed by atoms with Gasteiger partial charge < -0.3 is 15.5 Å². The number of para-hydroxylation sites is 1. The Hall–Kier alpha value is -2.10. The average molecular weight is 508 g/mol. The highest BCUT2D eigenvalue weighted by molar-refractivity contribution is 14.0. The van der Waals surface area contributed by atoms with Crippen LogP contribution < -0.4 is 10.6 Å². The molecule has 2 aliphatic heterocycles. The number of fused-ring (bicyclic) bond motifs is 1. The first-order chi connectivity index (χ1) is 13.7. The number of halogens is 1. The molecule has 2 N–H and O–H groups in total. The largest absolute Gasteiger partial charge is 0.357 e. The predicted molar refractivity (Wildman–Crippen MR) is 126 cm³/mol. The lowest BCUT2D eigenvalue weighted by atomic mass is 9.97. The van der Waals surface area contributed by atoms with E-state index in [-0.39, 0.29) is 35.8 Å². The first kappa shape index (κ1) is 21.6. The van der Waals surface area contributed by atoms with E-state index in [0.29, 0.717) is 12.5 Å². The Morgan fingerprint density at radius 1 is 1.38 bits per heavy atom. The average Bonchev–Trinajstić information content (AvgIpc) is 3.40. The van der Waals surface area contributed by atoms with Crippen LogP contribution in [0.5, 0.6) is 0 Å². The van der Waals surface area contributed by atoms with E-state index in [4.69, 9.17) is 4.99 Å². The van der Waals surface area contributed by atoms with Crippen molar-refractivity contribution in [2.24, 2.45) is 12.0 Å². The summed E-state index contributed by atoms with van der Waals surface area (Å²) in [7, 11) is 1.96. The second-order valence-electron chi connectivity index (χ2n) is 7.53. The number of carbonyl (C=O) groups excluding carboxylic acids is 1. The van der Waals surface area contributed by atoms with E-state index in [1.807, 2.05) is 42.2 Å². The van der Waals surface area contributed by atoms with Gasteiger partial charge in [0.25, 0.3) is 0 Å². The molecule has 0 aliphatic carbocycles. The van der Waals surface area contributed by atoms with Gasteiger partial charge in [0.15, 0.2) is 5.96 Å². The first-order valence-corrected chi connectivity index (χ1v) is 10.1. The maximum atomic E-state index is 12.3. The zero-order valence-electron chi connectivity index (χ0n) is 17.0. The first-order valence-electron chi connectivity index (χ1n) is 10.1. The van der Waals surface area contributed by atoms with Crippen LogP contribution in [0.3, 0.4) is 0 Å². The van der Waals surface area contributed by atoms with Crippen molar-refractivity contribution in [3.8, 4) is 0 Å². The van der Waals surface area contributed by atoms with Gasteiger partial charge in [-0.15, -0.1) is 24.0 Å². The van der Waals surface area contributed by atoms with Crippen molar-refractivity contribution in [1.82, 2.24) is 20.0 Å². The Labute approximate surface area is 189 Å². The van der Waals surface area contributed by atoms with Gasteiger partial charge in [-0.25, -0.2) is 0 Å². The molecule has 7 nitrogen and oxygen atoms in total. The Bertz CT molecular complexity index is 880. The maximum Gasteiger partial charge on any atom is 0.232 e. The van der Waals surface area contributed by atoms with Crippen molar-refractivity contribution in [1.29, 1.82) is 0 Å². The summed E-state index contributed by atoms with van der Waals surface area (Å²) in [5.74, 6) is 1.41. The second-order valence-corrected chi connectivity index (χ2v) is 7.53. The molecule has 0 bridgehead atoms. The van der Waals surface area contributed by atoms with Crippen LogP contribution in [0.1, 0.15) is 42.7 Å². The topological polar surface area (TPSA) is 74.6 Å². The van der Waals surface area contributed by atoms with Crippen LogP contribution in [0.25, 0.3) is 0 Å². The highest BCUT2D eigenvalue weighted by Crippen LogP contribution is 2.34. The standard InChI is InChI=1S/C21H28N6O.HI/c1-3-22-21(27-11-9-15(14-27)16-12-24-26(2)13-16)23-10-8-18-17-6-4-5-7-19(17)25-20(18)28;/h4-7,12-13,15,18H,3,8-11,14H2,1-2H3,(H,22,23)(H,25,28);1H. The van der Waals surface area contributed by atoms with Crippen molar-refractivity contribution in [3.05, 3.63) is 47.8 Å². The molecule has 1 fully saturated rings. The molecule has 29 heavy (non-hydrogen) atoms. The molecular formula is C21H29IN6O. The number of rotatable bonds is 5. The van der Waals surface area contributed by atoms with Gasteiger partial charge in [-0.2, -0.15) is 5.10 Å². The molecule has 1 saturated heterocycles. The predicted octanol–water partition coefficient (Wildman–Crippen LogP) is 2.92. The van der Waals surface area contributed by atoms with E-state index in [1.54, 1.807) is 0 Å². The SMILES string of the molecule is CCNC(=NCCC1C(=O)Nc2ccccc21)N1CCC(c2cnn(C)c2)C1.I. The molecule has 2 aromatic rings. The van der Waals surface area contributed by atoms with E-state index < -0.39 is 0 Å². The van der Waals surface area contributed by atoms with Crippen LogP contribution >= 0.6 is 24.0 Å². The Kier molecular flexibility index (Phi) is 7.15. The molecule has 0 radical (unpaired) electrons. The van der Waals surface area contributed by atoms with Crippen molar-refractivity contribution < 1.29 is 4.79 Å². The van der Waals surface area contributed by atoms with E-state index in [1.165, 1.54) is 5.56 Å². The fraction of sp³-hybridized carbons (Fsp3) is 0.476. The van der Waals surface area contributed by atoms with Gasteiger partial charge in [0.2, 0.25) is 5.91 Å². The Morgan fingerprint density at radius 2 is 2.21 bits per heavy atom. The minimum absolute atomic E-state index is 0. The summed E-state index contributed by atoms with van der Waals surface area (Å²) in [5.41, 5.74) is 3.32. The molecule has 1 aromatic carbocycles. The number of aryl methyl sites for hydroxylation is 1. The van der Waals surface area contributed by atoms with Gasteiger partial charge in [0.05, 0.1) is 12.1 Å².